The van der Waals surface area contributed by atoms with E-state index in [4.69, 9.17) is 5.11 Å². The molecule has 0 bridgehead atoms. The van der Waals surface area contributed by atoms with Crippen molar-refractivity contribution in [1.29, 1.82) is 0 Å². The fraction of sp³-hybridized carbons (Fsp3) is 0.636. The van der Waals surface area contributed by atoms with Gasteiger partial charge in [-0.2, -0.15) is 0 Å². The van der Waals surface area contributed by atoms with E-state index in [1.807, 2.05) is 0 Å². The first-order chi connectivity index (χ1) is 8.15. The van der Waals surface area contributed by atoms with E-state index in [9.17, 15) is 9.90 Å². The highest BCUT2D eigenvalue weighted by Crippen LogP contribution is 2.24. The van der Waals surface area contributed by atoms with Gasteiger partial charge < -0.3 is 15.5 Å². The number of carboxylic acid groups (broad SMARTS) is 1. The molecule has 94 valence electrons. The number of aliphatic hydroxyl groups excluding tert-OH is 1. The van der Waals surface area contributed by atoms with Crippen LogP contribution >= 0.6 is 11.3 Å². The van der Waals surface area contributed by atoms with Crippen molar-refractivity contribution in [1.82, 2.24) is 10.3 Å². The summed E-state index contributed by atoms with van der Waals surface area (Å²) in [7, 11) is 0. The number of nitrogens with zero attached hydrogens (tertiary/aromatic N) is 1. The van der Waals surface area contributed by atoms with E-state index in [2.05, 4.69) is 10.3 Å². The minimum atomic E-state index is -0.972. The summed E-state index contributed by atoms with van der Waals surface area (Å²) in [4.78, 5) is 14.6. The van der Waals surface area contributed by atoms with E-state index in [-0.39, 0.29) is 11.1 Å². The van der Waals surface area contributed by atoms with Gasteiger partial charge in [0.15, 0.2) is 0 Å². The first kappa shape index (κ1) is 12.5. The Labute approximate surface area is 104 Å². The molecule has 0 aromatic carbocycles. The van der Waals surface area contributed by atoms with Crippen molar-refractivity contribution in [3.05, 3.63) is 16.1 Å². The van der Waals surface area contributed by atoms with Crippen molar-refractivity contribution in [3.8, 4) is 0 Å². The maximum atomic E-state index is 10.6. The fourth-order valence-electron chi connectivity index (χ4n) is 2.12. The highest BCUT2D eigenvalue weighted by atomic mass is 32.1. The van der Waals surface area contributed by atoms with Crippen LogP contribution in [0.5, 0.6) is 0 Å². The van der Waals surface area contributed by atoms with Crippen molar-refractivity contribution in [3.63, 3.8) is 0 Å². The van der Waals surface area contributed by atoms with Crippen LogP contribution in [0.1, 0.15) is 34.8 Å². The summed E-state index contributed by atoms with van der Waals surface area (Å²) in [5, 5.41) is 23.3. The first-order valence-electron chi connectivity index (χ1n) is 5.71. The molecule has 6 heteroatoms. The summed E-state index contributed by atoms with van der Waals surface area (Å²) in [5.74, 6) is -0.442. The van der Waals surface area contributed by atoms with Crippen LogP contribution < -0.4 is 5.32 Å². The normalized spacial score (nSPS) is 24.1. The van der Waals surface area contributed by atoms with E-state index >= 15 is 0 Å². The van der Waals surface area contributed by atoms with E-state index in [1.165, 1.54) is 0 Å². The number of carboxylic acids is 1. The molecule has 0 radical (unpaired) electrons. The SMILES string of the molecule is O=C(O)c1nc(CNCC2CCC(O)C2)cs1. The first-order valence-corrected chi connectivity index (χ1v) is 6.59. The number of hydrogen-bond donors (Lipinski definition) is 3. The largest absolute Gasteiger partial charge is 0.476 e. The number of aliphatic hydroxyl groups is 1. The molecule has 0 aliphatic heterocycles. The Morgan fingerprint density at radius 1 is 1.59 bits per heavy atom. The highest BCUT2D eigenvalue weighted by Gasteiger charge is 2.22. The zero-order chi connectivity index (χ0) is 12.3. The van der Waals surface area contributed by atoms with Gasteiger partial charge in [0.25, 0.3) is 0 Å². The van der Waals surface area contributed by atoms with Crippen LogP contribution in [0, 0.1) is 5.92 Å². The second-order valence-corrected chi connectivity index (χ2v) is 5.27. The smallest absolute Gasteiger partial charge is 0.365 e. The Bertz CT molecular complexity index is 394. The lowest BCUT2D eigenvalue weighted by Crippen LogP contribution is -2.21. The Balaban J connectivity index is 1.72. The van der Waals surface area contributed by atoms with Crippen molar-refractivity contribution >= 4 is 17.3 Å². The summed E-state index contributed by atoms with van der Waals surface area (Å²) in [6, 6.07) is 0. The zero-order valence-corrected chi connectivity index (χ0v) is 10.2. The predicted octanol–water partition coefficient (Wildman–Crippen LogP) is 1.09. The number of aromatic nitrogens is 1. The molecular weight excluding hydrogens is 240 g/mol. The van der Waals surface area contributed by atoms with Gasteiger partial charge in [0, 0.05) is 11.9 Å². The van der Waals surface area contributed by atoms with Crippen molar-refractivity contribution in [2.24, 2.45) is 5.92 Å². The lowest BCUT2D eigenvalue weighted by atomic mass is 10.1. The second-order valence-electron chi connectivity index (χ2n) is 4.41. The van der Waals surface area contributed by atoms with Gasteiger partial charge in [-0.25, -0.2) is 9.78 Å². The summed E-state index contributed by atoms with van der Waals surface area (Å²) in [5.41, 5.74) is 0.769. The molecule has 1 heterocycles. The fourth-order valence-corrected chi connectivity index (χ4v) is 2.78. The summed E-state index contributed by atoms with van der Waals surface area (Å²) >= 11 is 1.15. The molecule has 1 aliphatic rings. The molecule has 1 aromatic heterocycles. The van der Waals surface area contributed by atoms with Crippen LogP contribution in [0.3, 0.4) is 0 Å². The third-order valence-corrected chi connectivity index (χ3v) is 3.87. The predicted molar refractivity (Wildman–Crippen MR) is 64.1 cm³/mol. The molecule has 1 aromatic rings. The van der Waals surface area contributed by atoms with Gasteiger partial charge in [-0.3, -0.25) is 0 Å². The average molecular weight is 256 g/mol. The monoisotopic (exact) mass is 256 g/mol. The topological polar surface area (TPSA) is 82.5 Å². The number of hydrogen-bond acceptors (Lipinski definition) is 5. The zero-order valence-electron chi connectivity index (χ0n) is 9.43. The van der Waals surface area contributed by atoms with Crippen molar-refractivity contribution in [2.75, 3.05) is 6.54 Å². The van der Waals surface area contributed by atoms with Crippen LogP contribution in [0.2, 0.25) is 0 Å². The molecule has 1 saturated carbocycles. The van der Waals surface area contributed by atoms with Gasteiger partial charge in [0.2, 0.25) is 5.01 Å². The van der Waals surface area contributed by atoms with Crippen LogP contribution in [-0.4, -0.2) is 33.8 Å². The van der Waals surface area contributed by atoms with Gasteiger partial charge >= 0.3 is 5.97 Å². The molecule has 1 fully saturated rings. The molecule has 0 spiro atoms. The van der Waals surface area contributed by atoms with Crippen molar-refractivity contribution in [2.45, 2.75) is 31.9 Å². The summed E-state index contributed by atoms with van der Waals surface area (Å²) in [6.07, 6.45) is 2.68. The molecule has 1 aliphatic carbocycles. The molecule has 2 unspecified atom stereocenters. The van der Waals surface area contributed by atoms with Gasteiger partial charge in [-0.1, -0.05) is 0 Å². The van der Waals surface area contributed by atoms with E-state index in [0.717, 1.165) is 42.8 Å². The molecule has 0 saturated heterocycles. The standard InChI is InChI=1S/C11H16N2O3S/c14-9-2-1-7(3-9)4-12-5-8-6-17-10(13-8)11(15)16/h6-7,9,12,14H,1-5H2,(H,15,16). The van der Waals surface area contributed by atoms with Crippen LogP contribution in [0.25, 0.3) is 0 Å². The molecular formula is C11H16N2O3S. The Morgan fingerprint density at radius 3 is 3.00 bits per heavy atom. The third-order valence-electron chi connectivity index (χ3n) is 2.99. The van der Waals surface area contributed by atoms with Crippen LogP contribution in [0.4, 0.5) is 0 Å². The minimum absolute atomic E-state index is 0.137. The average Bonchev–Trinajstić information content (AvgIpc) is 2.88. The van der Waals surface area contributed by atoms with Crippen molar-refractivity contribution < 1.29 is 15.0 Å². The Morgan fingerprint density at radius 2 is 2.41 bits per heavy atom. The quantitative estimate of drug-likeness (QED) is 0.734. The van der Waals surface area contributed by atoms with E-state index in [0.29, 0.717) is 12.5 Å². The molecule has 3 N–H and O–H groups in total. The number of aromatic carboxylic acids is 1. The van der Waals surface area contributed by atoms with Gasteiger partial charge in [-0.05, 0) is 31.7 Å². The molecule has 2 rings (SSSR count). The number of thiazole rings is 1. The van der Waals surface area contributed by atoms with Crippen LogP contribution in [-0.2, 0) is 6.54 Å². The molecule has 5 nitrogen and oxygen atoms in total. The summed E-state index contributed by atoms with van der Waals surface area (Å²) < 4.78 is 0. The Hall–Kier alpha value is -0.980. The number of nitrogens with one attached hydrogen (secondary N) is 1. The molecule has 17 heavy (non-hydrogen) atoms. The van der Waals surface area contributed by atoms with Crippen LogP contribution in [0.15, 0.2) is 5.38 Å². The number of rotatable bonds is 5. The lowest BCUT2D eigenvalue weighted by molar-refractivity contribution is 0.0696. The second kappa shape index (κ2) is 5.57. The van der Waals surface area contributed by atoms with Gasteiger partial charge in [0.1, 0.15) is 0 Å². The minimum Gasteiger partial charge on any atom is -0.476 e. The van der Waals surface area contributed by atoms with E-state index in [1.54, 1.807) is 5.38 Å². The summed E-state index contributed by atoms with van der Waals surface area (Å²) in [6.45, 7) is 1.45. The number of carbonyl (C=O) groups is 1. The highest BCUT2D eigenvalue weighted by molar-refractivity contribution is 7.11. The molecule has 2 atom stereocenters. The third kappa shape index (κ3) is 3.49. The van der Waals surface area contributed by atoms with Gasteiger partial charge in [-0.15, -0.1) is 11.3 Å². The maximum absolute atomic E-state index is 10.6. The molecule has 0 amide bonds. The van der Waals surface area contributed by atoms with E-state index < -0.39 is 5.97 Å². The maximum Gasteiger partial charge on any atom is 0.365 e. The Kier molecular flexibility index (Phi) is 4.09. The lowest BCUT2D eigenvalue weighted by Gasteiger charge is -2.09. The van der Waals surface area contributed by atoms with Gasteiger partial charge in [0.05, 0.1) is 11.8 Å².